The molecule has 18 rings (SSSR count). The van der Waals surface area contributed by atoms with E-state index in [0.717, 1.165) is 59.7 Å². The molecule has 682 valence electrons. The SMILES string of the molecule is [C-]#[N+]/C(C#N)=C1\N=c2ccc(-c3nc(/C(C#N)=C4\N=c5cc(C)cc(C(F)(F)F)c5=N4)nc(-c4ccc(C(F)(F)F)cc4)n3)c(C#N)c2=N1.[C-]#[N+]/C(C#N)=C1\N=c2ccc(-c3nc(/C(C)=C4/N=c5cc(C#N)c([N+]#[C-])cc5=N4)nc(-c4c(F)c(F)c(C#N)c(F)c4F)n3)c(C#N)c2=N1.[C-]#[N+]/C(C#N)=C1\N=c2ccc(-c3nc(C(C#N)=C4N=c5cc(C)c(C)cc5=N4)nc(-c4ccc(C(F)(F)F)cc4)n3)c(C#N)c2=N1. The van der Waals surface area contributed by atoms with E-state index in [1.165, 1.54) is 80.6 Å². The van der Waals surface area contributed by atoms with Crippen molar-refractivity contribution in [3.63, 3.8) is 0 Å². The first-order chi connectivity index (χ1) is 68.9. The second-order valence-electron chi connectivity index (χ2n) is 29.9. The standard InChI is InChI=1S/C32H11F6N11.C32H7F4N13.C32H14F3N11/c1-14-9-20(32(36,37)38)25-22(10-14)44-28(46-25)19(12-40)29-48-26(15-3-5-16(6-4-15)31(33,34)35)47-27(49-29)17-7-8-21-24(18(17)11-39)45-30(43-21)23(13-41)42-2;1-12(28-44-19-6-13(8-37)18(41-2)7-20(19)45-28)29-47-30(49-32(48-29)22-25(35)23(33)16(10-39)24(34)26(22)36)14-4-5-17-27(15(14)9-38)46-31(43-17)21(11-40)42-3;1-15-10-23-24(11-16(15)2)42-29(41-23)21(13-37)30-45-27(17-4-6-18(7-5-17)32(33,34)35)44-28(46-30)19-8-9-22-26(20(19)12-36)43-31(40-22)25(14-38)39-3/h3-10H,1H3;4-7H,1H3;4-11H,1-2H3/b28-19+,30-23+;28-12-,31-21+;31-25+. The van der Waals surface area contributed by atoms with Crippen LogP contribution in [0.25, 0.3) is 104 Å². The Bertz CT molecular complexity index is 9590. The van der Waals surface area contributed by atoms with Gasteiger partial charge in [0.15, 0.2) is 111 Å². The molecule has 48 heteroatoms. The zero-order valence-corrected chi connectivity index (χ0v) is 72.1. The highest BCUT2D eigenvalue weighted by molar-refractivity contribution is 5.81. The molecule has 0 unspecified atom stereocenters. The van der Waals surface area contributed by atoms with E-state index < -0.39 is 115 Å². The van der Waals surface area contributed by atoms with E-state index in [-0.39, 0.29) is 190 Å². The highest BCUT2D eigenvalue weighted by Gasteiger charge is 2.38. The molecule has 9 aromatic carbocycles. The van der Waals surface area contributed by atoms with Crippen molar-refractivity contribution in [3.8, 4) is 129 Å². The molecule has 6 aliphatic rings. The number of aryl methyl sites for hydroxylation is 3. The number of nitrogens with zero attached hydrogens (tertiary/aromatic N) is 35. The van der Waals surface area contributed by atoms with Crippen LogP contribution < -0.4 is 64.3 Å². The Balaban J connectivity index is 0.000000155. The summed E-state index contributed by atoms with van der Waals surface area (Å²) in [4.78, 5) is 102. The largest absolute Gasteiger partial charge is 0.418 e. The van der Waals surface area contributed by atoms with Gasteiger partial charge in [-0.25, -0.2) is 157 Å². The van der Waals surface area contributed by atoms with Crippen LogP contribution in [0.5, 0.6) is 0 Å². The normalized spacial score (nSPS) is 14.3. The Morgan fingerprint density at radius 1 is 0.312 bits per heavy atom. The fourth-order valence-electron chi connectivity index (χ4n) is 14.2. The average Bonchev–Trinajstić information content (AvgIpc) is 1.32. The number of halogens is 13. The van der Waals surface area contributed by atoms with Gasteiger partial charge in [-0.2, -0.15) is 76.3 Å². The van der Waals surface area contributed by atoms with Crippen LogP contribution in [0.2, 0.25) is 0 Å². The van der Waals surface area contributed by atoms with Crippen molar-refractivity contribution in [2.45, 2.75) is 46.2 Å². The summed E-state index contributed by atoms with van der Waals surface area (Å²) >= 11 is 0. The first-order valence-electron chi connectivity index (χ1n) is 40.0. The molecule has 0 atom stereocenters. The van der Waals surface area contributed by atoms with Gasteiger partial charge in [-0.15, -0.1) is 0 Å². The van der Waals surface area contributed by atoms with E-state index >= 15 is 8.78 Å². The van der Waals surface area contributed by atoms with Crippen molar-refractivity contribution in [2.75, 3.05) is 0 Å². The number of rotatable bonds is 9. The van der Waals surface area contributed by atoms with Crippen LogP contribution in [-0.2, 0) is 18.5 Å². The number of benzene rings is 9. The maximum absolute atomic E-state index is 15.3. The van der Waals surface area contributed by atoms with Gasteiger partial charge in [-0.1, -0.05) is 24.3 Å². The van der Waals surface area contributed by atoms with Gasteiger partial charge in [0.1, 0.15) is 74.6 Å². The minimum atomic E-state index is -4.80. The zero-order chi connectivity index (χ0) is 103. The topological polar surface area (TPSA) is 520 Å². The van der Waals surface area contributed by atoms with E-state index in [0.29, 0.717) is 10.7 Å². The molecule has 0 aliphatic carbocycles. The Kier molecular flexibility index (Phi) is 24.7. The Labute approximate surface area is 793 Å². The molecule has 3 aromatic heterocycles. The summed E-state index contributed by atoms with van der Waals surface area (Å²) in [5.74, 6) is -12.3. The summed E-state index contributed by atoms with van der Waals surface area (Å²) in [5, 5.41) is 98.3. The molecule has 6 aliphatic heterocycles. The Hall–Kier alpha value is -22.0. The summed E-state index contributed by atoms with van der Waals surface area (Å²) in [6.45, 7) is 35.5. The van der Waals surface area contributed by atoms with Crippen LogP contribution in [0, 0.1) is 184 Å². The number of allylic oxidation sites excluding steroid dienone is 6. The molecule has 0 radical (unpaired) electrons. The van der Waals surface area contributed by atoms with E-state index in [1.54, 1.807) is 24.3 Å². The molecule has 35 nitrogen and oxygen atoms in total. The van der Waals surface area contributed by atoms with Crippen molar-refractivity contribution >= 4 is 22.4 Å². The molecule has 0 bridgehead atoms. The molecule has 0 amide bonds. The van der Waals surface area contributed by atoms with Crippen LogP contribution in [0.1, 0.15) is 85.6 Å². The highest BCUT2D eigenvalue weighted by Crippen LogP contribution is 2.38. The van der Waals surface area contributed by atoms with Crippen molar-refractivity contribution in [1.29, 1.82) is 52.6 Å². The zero-order valence-electron chi connectivity index (χ0n) is 72.1. The minimum absolute atomic E-state index is 0.00809. The first kappa shape index (κ1) is 95.2. The molecule has 12 aromatic rings. The lowest BCUT2D eigenvalue weighted by Crippen LogP contribution is -2.31. The van der Waals surface area contributed by atoms with E-state index in [2.05, 4.69) is 124 Å². The second kappa shape index (κ2) is 37.3. The fraction of sp³-hybridized carbons (Fsp3) is 0.0729. The first-order valence-corrected chi connectivity index (χ1v) is 40.0. The predicted octanol–water partition coefficient (Wildman–Crippen LogP) is 11.6. The fourth-order valence-corrected chi connectivity index (χ4v) is 14.2. The summed E-state index contributed by atoms with van der Waals surface area (Å²) < 4.78 is 181. The monoisotopic (exact) mass is 1920 g/mol. The van der Waals surface area contributed by atoms with Crippen molar-refractivity contribution in [3.05, 3.63) is 385 Å². The molecule has 0 fully saturated rings. The van der Waals surface area contributed by atoms with Crippen LogP contribution in [0.4, 0.5) is 62.8 Å². The summed E-state index contributed by atoms with van der Waals surface area (Å²) in [5.41, 5.74) is -5.77. The smallest absolute Gasteiger partial charge is 0.238 e. The van der Waals surface area contributed by atoms with Gasteiger partial charge in [0.05, 0.1) is 138 Å². The predicted molar refractivity (Wildman–Crippen MR) is 460 cm³/mol. The summed E-state index contributed by atoms with van der Waals surface area (Å²) in [6, 6.07) is 42.4. The molecule has 0 saturated carbocycles. The molecule has 0 saturated heterocycles. The van der Waals surface area contributed by atoms with Crippen LogP contribution in [0.3, 0.4) is 0 Å². The van der Waals surface area contributed by atoms with Crippen LogP contribution in [0.15, 0.2) is 233 Å². The average molecular weight is 1920 g/mol. The number of hydrogen-bond donors (Lipinski definition) is 0. The third kappa shape index (κ3) is 17.6. The van der Waals surface area contributed by atoms with Gasteiger partial charge in [0.25, 0.3) is 0 Å². The Morgan fingerprint density at radius 2 is 0.660 bits per heavy atom. The molecule has 0 N–H and O–H groups in total. The van der Waals surface area contributed by atoms with Crippen molar-refractivity contribution in [2.24, 2.45) is 59.9 Å². The number of hydrogen-bond acceptors (Lipinski definition) is 31. The van der Waals surface area contributed by atoms with E-state index in [1.807, 2.05) is 56.3 Å². The van der Waals surface area contributed by atoms with Gasteiger partial charge in [0, 0.05) is 33.4 Å². The molecular weight excluding hydrogens is 1890 g/mol. The highest BCUT2D eigenvalue weighted by atomic mass is 19.4. The lowest BCUT2D eigenvalue weighted by molar-refractivity contribution is -0.139. The lowest BCUT2D eigenvalue weighted by atomic mass is 10.1. The van der Waals surface area contributed by atoms with Gasteiger partial charge in [-0.3, -0.25) is 0 Å². The summed E-state index contributed by atoms with van der Waals surface area (Å²) in [6.07, 6.45) is -14.0. The molecule has 9 heterocycles. The molecule has 0 spiro atoms. The minimum Gasteiger partial charge on any atom is -0.238 e. The lowest BCUT2D eigenvalue weighted by Gasteiger charge is -2.12. The van der Waals surface area contributed by atoms with Crippen LogP contribution >= 0.6 is 0 Å². The van der Waals surface area contributed by atoms with Gasteiger partial charge >= 0.3 is 35.6 Å². The van der Waals surface area contributed by atoms with Gasteiger partial charge in [0.2, 0.25) is 5.69 Å². The third-order valence-corrected chi connectivity index (χ3v) is 21.2. The Morgan fingerprint density at radius 3 is 1.03 bits per heavy atom. The maximum Gasteiger partial charge on any atom is 0.418 e. The number of fused-ring (bicyclic) bond motifs is 6. The van der Waals surface area contributed by atoms with Gasteiger partial charge < -0.3 is 0 Å². The van der Waals surface area contributed by atoms with E-state index in [4.69, 9.17) is 31.6 Å². The van der Waals surface area contributed by atoms with Crippen molar-refractivity contribution in [1.82, 2.24) is 44.9 Å². The second-order valence-corrected chi connectivity index (χ2v) is 29.9. The quantitative estimate of drug-likeness (QED) is 0.0560. The number of aromatic nitrogens is 9. The summed E-state index contributed by atoms with van der Waals surface area (Å²) in [7, 11) is 0. The molecule has 144 heavy (non-hydrogen) atoms. The van der Waals surface area contributed by atoms with E-state index in [9.17, 15) is 95.7 Å². The van der Waals surface area contributed by atoms with Crippen molar-refractivity contribution < 1.29 is 57.1 Å². The third-order valence-electron chi connectivity index (χ3n) is 21.2. The van der Waals surface area contributed by atoms with Gasteiger partial charge in [-0.05, 0) is 141 Å². The number of nitriles is 10. The molecular formula is C96H32F13N35. The number of alkyl halides is 9. The van der Waals surface area contributed by atoms with Crippen LogP contribution in [-0.4, -0.2) is 44.9 Å². The maximum atomic E-state index is 15.3.